The SMILES string of the molecule is CCCCCCCOc1ccc(-c2ccc(-c3nc4cc(C)ccc4o3)c(F)c2)c(F)c1. The van der Waals surface area contributed by atoms with Crippen molar-refractivity contribution < 1.29 is 17.9 Å². The highest BCUT2D eigenvalue weighted by Gasteiger charge is 2.15. The monoisotopic (exact) mass is 435 g/mol. The van der Waals surface area contributed by atoms with E-state index in [1.807, 2.05) is 25.1 Å². The van der Waals surface area contributed by atoms with Crippen LogP contribution < -0.4 is 4.74 Å². The molecule has 1 heterocycles. The van der Waals surface area contributed by atoms with E-state index in [9.17, 15) is 8.78 Å². The Hall–Kier alpha value is -3.21. The van der Waals surface area contributed by atoms with Crippen LogP contribution in [-0.2, 0) is 0 Å². The number of aryl methyl sites for hydroxylation is 1. The summed E-state index contributed by atoms with van der Waals surface area (Å²) in [7, 11) is 0. The summed E-state index contributed by atoms with van der Waals surface area (Å²) in [5, 5.41) is 0. The smallest absolute Gasteiger partial charge is 0.230 e. The topological polar surface area (TPSA) is 35.3 Å². The zero-order valence-electron chi connectivity index (χ0n) is 18.5. The zero-order chi connectivity index (χ0) is 22.5. The van der Waals surface area contributed by atoms with Gasteiger partial charge < -0.3 is 9.15 Å². The number of fused-ring (bicyclic) bond motifs is 1. The standard InChI is InChI=1S/C27H27F2NO2/c1-3-4-5-6-7-14-31-20-10-12-21(24(29)17-20)19-9-11-22(23(28)16-19)27-30-25-15-18(2)8-13-26(25)32-27/h8-13,15-17H,3-7,14H2,1-2H3. The van der Waals surface area contributed by atoms with Crippen LogP contribution in [0.4, 0.5) is 8.78 Å². The number of ether oxygens (including phenoxy) is 1. The summed E-state index contributed by atoms with van der Waals surface area (Å²) in [5.74, 6) is -0.269. The molecule has 0 spiro atoms. The van der Waals surface area contributed by atoms with E-state index in [0.29, 0.717) is 34.6 Å². The largest absolute Gasteiger partial charge is 0.493 e. The van der Waals surface area contributed by atoms with Gasteiger partial charge in [0.05, 0.1) is 12.2 Å². The molecule has 0 unspecified atom stereocenters. The van der Waals surface area contributed by atoms with Crippen LogP contribution in [0, 0.1) is 18.6 Å². The number of rotatable bonds is 9. The predicted octanol–water partition coefficient (Wildman–Crippen LogP) is 8.10. The van der Waals surface area contributed by atoms with Gasteiger partial charge in [-0.2, -0.15) is 0 Å². The third-order valence-corrected chi connectivity index (χ3v) is 5.51. The minimum absolute atomic E-state index is 0.206. The van der Waals surface area contributed by atoms with Gasteiger partial charge in [0.2, 0.25) is 5.89 Å². The van der Waals surface area contributed by atoms with Crippen LogP contribution in [0.5, 0.6) is 5.75 Å². The Morgan fingerprint density at radius 2 is 1.62 bits per heavy atom. The molecule has 0 atom stereocenters. The number of nitrogens with zero attached hydrogens (tertiary/aromatic N) is 1. The highest BCUT2D eigenvalue weighted by molar-refractivity contribution is 5.77. The number of aromatic nitrogens is 1. The van der Waals surface area contributed by atoms with Crippen molar-refractivity contribution in [1.29, 1.82) is 0 Å². The van der Waals surface area contributed by atoms with Crippen LogP contribution in [0.2, 0.25) is 0 Å². The van der Waals surface area contributed by atoms with E-state index in [2.05, 4.69) is 11.9 Å². The predicted molar refractivity (Wildman–Crippen MR) is 124 cm³/mol. The Labute approximate surface area is 187 Å². The van der Waals surface area contributed by atoms with E-state index in [0.717, 1.165) is 18.4 Å². The number of hydrogen-bond acceptors (Lipinski definition) is 3. The van der Waals surface area contributed by atoms with Gasteiger partial charge in [0, 0.05) is 11.6 Å². The first-order valence-corrected chi connectivity index (χ1v) is 11.1. The molecule has 166 valence electrons. The average molecular weight is 436 g/mol. The summed E-state index contributed by atoms with van der Waals surface area (Å²) in [4.78, 5) is 4.39. The molecule has 5 heteroatoms. The summed E-state index contributed by atoms with van der Waals surface area (Å²) in [5.41, 5.74) is 3.33. The van der Waals surface area contributed by atoms with Crippen molar-refractivity contribution in [2.75, 3.05) is 6.61 Å². The molecule has 0 amide bonds. The van der Waals surface area contributed by atoms with Gasteiger partial charge in [-0.25, -0.2) is 13.8 Å². The van der Waals surface area contributed by atoms with Crippen LogP contribution >= 0.6 is 0 Å². The minimum Gasteiger partial charge on any atom is -0.493 e. The van der Waals surface area contributed by atoms with Crippen LogP contribution in [0.15, 0.2) is 59.0 Å². The van der Waals surface area contributed by atoms with Crippen molar-refractivity contribution in [3.05, 3.63) is 71.8 Å². The molecule has 3 nitrogen and oxygen atoms in total. The van der Waals surface area contributed by atoms with Crippen LogP contribution in [0.3, 0.4) is 0 Å². The molecule has 32 heavy (non-hydrogen) atoms. The number of unbranched alkanes of at least 4 members (excludes halogenated alkanes) is 4. The van der Waals surface area contributed by atoms with Gasteiger partial charge >= 0.3 is 0 Å². The third-order valence-electron chi connectivity index (χ3n) is 5.51. The molecule has 0 bridgehead atoms. The molecule has 0 aliphatic carbocycles. The minimum atomic E-state index is -0.516. The Morgan fingerprint density at radius 1 is 0.844 bits per heavy atom. The molecule has 0 fully saturated rings. The van der Waals surface area contributed by atoms with Gasteiger partial charge in [0.15, 0.2) is 5.58 Å². The lowest BCUT2D eigenvalue weighted by Gasteiger charge is -2.09. The summed E-state index contributed by atoms with van der Waals surface area (Å²) >= 11 is 0. The van der Waals surface area contributed by atoms with Crippen LogP contribution in [0.1, 0.15) is 44.6 Å². The van der Waals surface area contributed by atoms with E-state index < -0.39 is 11.6 Å². The lowest BCUT2D eigenvalue weighted by Crippen LogP contribution is -1.98. The Balaban J connectivity index is 1.48. The molecule has 0 aliphatic rings. The molecular weight excluding hydrogens is 408 g/mol. The van der Waals surface area contributed by atoms with Crippen molar-refractivity contribution in [3.8, 4) is 28.3 Å². The Bertz CT molecular complexity index is 1220. The van der Waals surface area contributed by atoms with Gasteiger partial charge in [-0.1, -0.05) is 44.7 Å². The fourth-order valence-corrected chi connectivity index (χ4v) is 3.72. The van der Waals surface area contributed by atoms with Crippen molar-refractivity contribution >= 4 is 11.1 Å². The van der Waals surface area contributed by atoms with Gasteiger partial charge in [0.1, 0.15) is 22.9 Å². The van der Waals surface area contributed by atoms with E-state index in [1.54, 1.807) is 24.3 Å². The van der Waals surface area contributed by atoms with E-state index in [4.69, 9.17) is 9.15 Å². The zero-order valence-corrected chi connectivity index (χ0v) is 18.5. The number of halogens is 2. The molecular formula is C27H27F2NO2. The van der Waals surface area contributed by atoms with Gasteiger partial charge in [-0.05, 0) is 60.9 Å². The fraction of sp³-hybridized carbons (Fsp3) is 0.296. The maximum atomic E-state index is 14.9. The van der Waals surface area contributed by atoms with Crippen molar-refractivity contribution in [2.45, 2.75) is 46.0 Å². The second-order valence-corrected chi connectivity index (χ2v) is 8.09. The lowest BCUT2D eigenvalue weighted by atomic mass is 10.0. The summed E-state index contributed by atoms with van der Waals surface area (Å²) in [6, 6.07) is 14.9. The molecule has 3 aromatic carbocycles. The molecule has 1 aromatic heterocycles. The maximum absolute atomic E-state index is 14.9. The van der Waals surface area contributed by atoms with Crippen molar-refractivity contribution in [1.82, 2.24) is 4.98 Å². The maximum Gasteiger partial charge on any atom is 0.230 e. The molecule has 0 saturated heterocycles. The molecule has 0 N–H and O–H groups in total. The highest BCUT2D eigenvalue weighted by atomic mass is 19.1. The summed E-state index contributed by atoms with van der Waals surface area (Å²) < 4.78 is 41.0. The summed E-state index contributed by atoms with van der Waals surface area (Å²) in [6.45, 7) is 4.70. The highest BCUT2D eigenvalue weighted by Crippen LogP contribution is 2.32. The van der Waals surface area contributed by atoms with Gasteiger partial charge in [0.25, 0.3) is 0 Å². The second kappa shape index (κ2) is 9.94. The second-order valence-electron chi connectivity index (χ2n) is 8.09. The normalized spacial score (nSPS) is 11.2. The van der Waals surface area contributed by atoms with E-state index >= 15 is 0 Å². The third kappa shape index (κ3) is 4.98. The van der Waals surface area contributed by atoms with Crippen LogP contribution in [0.25, 0.3) is 33.7 Å². The molecule has 0 radical (unpaired) electrons. The van der Waals surface area contributed by atoms with Gasteiger partial charge in [-0.15, -0.1) is 0 Å². The van der Waals surface area contributed by atoms with Crippen molar-refractivity contribution in [3.63, 3.8) is 0 Å². The van der Waals surface area contributed by atoms with E-state index in [-0.39, 0.29) is 11.5 Å². The Kier molecular flexibility index (Phi) is 6.84. The first-order chi connectivity index (χ1) is 15.5. The fourth-order valence-electron chi connectivity index (χ4n) is 3.72. The first-order valence-electron chi connectivity index (χ1n) is 11.1. The van der Waals surface area contributed by atoms with Crippen LogP contribution in [-0.4, -0.2) is 11.6 Å². The quantitative estimate of drug-likeness (QED) is 0.249. The molecule has 4 rings (SSSR count). The number of oxazole rings is 1. The molecule has 0 aliphatic heterocycles. The lowest BCUT2D eigenvalue weighted by molar-refractivity contribution is 0.303. The number of hydrogen-bond donors (Lipinski definition) is 0. The average Bonchev–Trinajstić information content (AvgIpc) is 3.19. The first kappa shape index (κ1) is 22.0. The van der Waals surface area contributed by atoms with Gasteiger partial charge in [-0.3, -0.25) is 0 Å². The molecule has 0 saturated carbocycles. The Morgan fingerprint density at radius 3 is 2.41 bits per heavy atom. The number of benzene rings is 3. The van der Waals surface area contributed by atoms with Crippen molar-refractivity contribution in [2.24, 2.45) is 0 Å². The molecule has 4 aromatic rings. The van der Waals surface area contributed by atoms with E-state index in [1.165, 1.54) is 31.4 Å². The summed E-state index contributed by atoms with van der Waals surface area (Å²) in [6.07, 6.45) is 5.68.